The minimum Gasteiger partial charge on any atom is -0.396 e. The summed E-state index contributed by atoms with van der Waals surface area (Å²) in [6.07, 6.45) is 1.40. The van der Waals surface area contributed by atoms with Crippen molar-refractivity contribution < 1.29 is 13.5 Å². The molecule has 1 aromatic carbocycles. The first-order valence-electron chi connectivity index (χ1n) is 6.57. The van der Waals surface area contributed by atoms with Gasteiger partial charge in [-0.3, -0.25) is 4.72 Å². The number of halogens is 1. The molecule has 1 aliphatic heterocycles. The minimum absolute atomic E-state index is 0.130. The number of aliphatic hydroxyl groups is 1. The highest BCUT2D eigenvalue weighted by Crippen LogP contribution is 2.26. The summed E-state index contributed by atoms with van der Waals surface area (Å²) in [4.78, 5) is 0. The van der Waals surface area contributed by atoms with E-state index in [4.69, 9.17) is 5.11 Å². The standard InChI is InChI=1S/C13H19BrN2O3S/c1-10-2-3-13(12(14)8-10)15-20(18,19)16-6-4-11(9-17)5-7-16/h2-3,8,11,15,17H,4-7,9H2,1H3. The maximum atomic E-state index is 12.3. The second-order valence-corrected chi connectivity index (χ2v) is 7.64. The van der Waals surface area contributed by atoms with E-state index in [2.05, 4.69) is 20.7 Å². The molecule has 1 heterocycles. The Labute approximate surface area is 128 Å². The molecule has 20 heavy (non-hydrogen) atoms. The van der Waals surface area contributed by atoms with Gasteiger partial charge in [-0.05, 0) is 59.3 Å². The molecule has 0 saturated carbocycles. The fraction of sp³-hybridized carbons (Fsp3) is 0.538. The molecular weight excluding hydrogens is 344 g/mol. The van der Waals surface area contributed by atoms with Gasteiger partial charge < -0.3 is 5.11 Å². The van der Waals surface area contributed by atoms with Crippen molar-refractivity contribution in [2.24, 2.45) is 5.92 Å². The first-order valence-corrected chi connectivity index (χ1v) is 8.80. The van der Waals surface area contributed by atoms with Crippen LogP contribution < -0.4 is 4.72 Å². The van der Waals surface area contributed by atoms with Crippen molar-refractivity contribution in [3.05, 3.63) is 28.2 Å². The van der Waals surface area contributed by atoms with Gasteiger partial charge in [0.1, 0.15) is 0 Å². The molecule has 112 valence electrons. The second-order valence-electron chi connectivity index (χ2n) is 5.12. The van der Waals surface area contributed by atoms with Gasteiger partial charge in [-0.2, -0.15) is 12.7 Å². The molecule has 2 rings (SSSR count). The van der Waals surface area contributed by atoms with Crippen LogP contribution in [0.4, 0.5) is 5.69 Å². The van der Waals surface area contributed by atoms with E-state index in [1.165, 1.54) is 4.31 Å². The largest absolute Gasteiger partial charge is 0.396 e. The maximum Gasteiger partial charge on any atom is 0.301 e. The summed E-state index contributed by atoms with van der Waals surface area (Å²) in [5.74, 6) is 0.215. The number of nitrogens with one attached hydrogen (secondary N) is 1. The lowest BCUT2D eigenvalue weighted by molar-refractivity contribution is 0.170. The van der Waals surface area contributed by atoms with Gasteiger partial charge in [0.25, 0.3) is 0 Å². The zero-order valence-electron chi connectivity index (χ0n) is 11.3. The van der Waals surface area contributed by atoms with E-state index in [0.717, 1.165) is 10.0 Å². The monoisotopic (exact) mass is 362 g/mol. The molecule has 0 aliphatic carbocycles. The molecule has 7 heteroatoms. The number of benzene rings is 1. The lowest BCUT2D eigenvalue weighted by Gasteiger charge is -2.30. The van der Waals surface area contributed by atoms with E-state index in [1.54, 1.807) is 6.07 Å². The molecule has 0 atom stereocenters. The molecule has 0 aromatic heterocycles. The lowest BCUT2D eigenvalue weighted by Crippen LogP contribution is -2.42. The molecule has 0 bridgehead atoms. The molecule has 1 saturated heterocycles. The van der Waals surface area contributed by atoms with Gasteiger partial charge in [-0.25, -0.2) is 0 Å². The molecule has 1 aromatic rings. The Balaban J connectivity index is 2.08. The van der Waals surface area contributed by atoms with Crippen molar-refractivity contribution in [1.29, 1.82) is 0 Å². The van der Waals surface area contributed by atoms with Crippen LogP contribution in [0.15, 0.2) is 22.7 Å². The van der Waals surface area contributed by atoms with Crippen LogP contribution in [0.5, 0.6) is 0 Å². The van der Waals surface area contributed by atoms with Crippen LogP contribution in [-0.4, -0.2) is 37.5 Å². The first-order chi connectivity index (χ1) is 9.42. The predicted octanol–water partition coefficient (Wildman–Crippen LogP) is 2.12. The number of nitrogens with zero attached hydrogens (tertiary/aromatic N) is 1. The topological polar surface area (TPSA) is 69.6 Å². The molecule has 1 aliphatic rings. The molecule has 2 N–H and O–H groups in total. The number of piperidine rings is 1. The summed E-state index contributed by atoms with van der Waals surface area (Å²) >= 11 is 3.37. The Hall–Kier alpha value is -0.630. The quantitative estimate of drug-likeness (QED) is 0.861. The maximum absolute atomic E-state index is 12.3. The Bertz CT molecular complexity index is 569. The summed E-state index contributed by atoms with van der Waals surface area (Å²) in [5.41, 5.74) is 1.60. The Morgan fingerprint density at radius 1 is 1.40 bits per heavy atom. The van der Waals surface area contributed by atoms with Crippen molar-refractivity contribution in [3.63, 3.8) is 0 Å². The summed E-state index contributed by atoms with van der Waals surface area (Å²) in [6.45, 7) is 2.97. The SMILES string of the molecule is Cc1ccc(NS(=O)(=O)N2CCC(CO)CC2)c(Br)c1. The molecule has 0 spiro atoms. The van der Waals surface area contributed by atoms with Gasteiger partial charge >= 0.3 is 10.2 Å². The summed E-state index contributed by atoms with van der Waals surface area (Å²) in [7, 11) is -3.53. The Kier molecular flexibility index (Phi) is 5.06. The van der Waals surface area contributed by atoms with Crippen LogP contribution >= 0.6 is 15.9 Å². The van der Waals surface area contributed by atoms with Gasteiger partial charge in [0.15, 0.2) is 0 Å². The zero-order valence-corrected chi connectivity index (χ0v) is 13.7. The van der Waals surface area contributed by atoms with Gasteiger partial charge in [0, 0.05) is 24.2 Å². The molecule has 0 radical (unpaired) electrons. The van der Waals surface area contributed by atoms with Crippen LogP contribution in [0.3, 0.4) is 0 Å². The first kappa shape index (κ1) is 15.8. The number of hydrogen-bond acceptors (Lipinski definition) is 3. The molecule has 5 nitrogen and oxygen atoms in total. The van der Waals surface area contributed by atoms with Crippen LogP contribution in [0.2, 0.25) is 0 Å². The van der Waals surface area contributed by atoms with Crippen molar-refractivity contribution in [1.82, 2.24) is 4.31 Å². The van der Waals surface area contributed by atoms with E-state index in [1.807, 2.05) is 19.1 Å². The Morgan fingerprint density at radius 3 is 2.60 bits per heavy atom. The van der Waals surface area contributed by atoms with Crippen LogP contribution in [0, 0.1) is 12.8 Å². The summed E-state index contributed by atoms with van der Waals surface area (Å²) in [5, 5.41) is 9.09. The zero-order chi connectivity index (χ0) is 14.8. The minimum atomic E-state index is -3.53. The van der Waals surface area contributed by atoms with Crippen LogP contribution in [-0.2, 0) is 10.2 Å². The average molecular weight is 363 g/mol. The molecule has 0 unspecified atom stereocenters. The average Bonchev–Trinajstić information content (AvgIpc) is 2.42. The van der Waals surface area contributed by atoms with E-state index < -0.39 is 10.2 Å². The van der Waals surface area contributed by atoms with E-state index >= 15 is 0 Å². The van der Waals surface area contributed by atoms with Gasteiger partial charge in [0.05, 0.1) is 5.69 Å². The summed E-state index contributed by atoms with van der Waals surface area (Å²) in [6, 6.07) is 5.48. The van der Waals surface area contributed by atoms with Gasteiger partial charge in [0.2, 0.25) is 0 Å². The fourth-order valence-corrected chi connectivity index (χ4v) is 4.24. The van der Waals surface area contributed by atoms with Crippen molar-refractivity contribution >= 4 is 31.8 Å². The van der Waals surface area contributed by atoms with Crippen molar-refractivity contribution in [3.8, 4) is 0 Å². The normalized spacial score (nSPS) is 18.1. The molecule has 0 amide bonds. The third-order valence-electron chi connectivity index (χ3n) is 3.54. The van der Waals surface area contributed by atoms with E-state index in [0.29, 0.717) is 31.6 Å². The second kappa shape index (κ2) is 6.43. The predicted molar refractivity (Wildman–Crippen MR) is 82.8 cm³/mol. The number of rotatable bonds is 4. The number of anilines is 1. The number of aliphatic hydroxyl groups excluding tert-OH is 1. The smallest absolute Gasteiger partial charge is 0.301 e. The van der Waals surface area contributed by atoms with Crippen LogP contribution in [0.1, 0.15) is 18.4 Å². The fourth-order valence-electron chi connectivity index (χ4n) is 2.24. The lowest BCUT2D eigenvalue weighted by atomic mass is 10.00. The molecule has 1 fully saturated rings. The van der Waals surface area contributed by atoms with Crippen molar-refractivity contribution in [2.75, 3.05) is 24.4 Å². The highest BCUT2D eigenvalue weighted by atomic mass is 79.9. The Morgan fingerprint density at radius 2 is 2.05 bits per heavy atom. The number of hydrogen-bond donors (Lipinski definition) is 2. The van der Waals surface area contributed by atoms with E-state index in [9.17, 15) is 8.42 Å². The highest BCUT2D eigenvalue weighted by Gasteiger charge is 2.27. The van der Waals surface area contributed by atoms with Gasteiger partial charge in [-0.15, -0.1) is 0 Å². The van der Waals surface area contributed by atoms with E-state index in [-0.39, 0.29) is 12.5 Å². The third-order valence-corrected chi connectivity index (χ3v) is 5.71. The third kappa shape index (κ3) is 3.72. The molecular formula is C13H19BrN2O3S. The van der Waals surface area contributed by atoms with Crippen LogP contribution in [0.25, 0.3) is 0 Å². The number of aryl methyl sites for hydroxylation is 1. The van der Waals surface area contributed by atoms with Gasteiger partial charge in [-0.1, -0.05) is 6.07 Å². The summed E-state index contributed by atoms with van der Waals surface area (Å²) < 4.78 is 29.4. The van der Waals surface area contributed by atoms with Crippen molar-refractivity contribution in [2.45, 2.75) is 19.8 Å². The highest BCUT2D eigenvalue weighted by molar-refractivity contribution is 9.10.